The topological polar surface area (TPSA) is 42.9 Å². The molecule has 0 N–H and O–H groups in total. The lowest BCUT2D eigenvalue weighted by molar-refractivity contribution is 0.111. The molecule has 2 aromatic rings. The van der Waals surface area contributed by atoms with E-state index in [1.54, 1.807) is 0 Å². The molecule has 16 heavy (non-hydrogen) atoms. The van der Waals surface area contributed by atoms with Crippen molar-refractivity contribution in [3.8, 4) is 11.3 Å². The molecule has 0 saturated heterocycles. The summed E-state index contributed by atoms with van der Waals surface area (Å²) < 4.78 is 0. The van der Waals surface area contributed by atoms with E-state index in [1.807, 2.05) is 44.2 Å². The Labute approximate surface area is 94.2 Å². The maximum atomic E-state index is 10.7. The molecule has 1 aromatic heterocycles. The number of nitrogens with zero attached hydrogens (tertiary/aromatic N) is 2. The highest BCUT2D eigenvalue weighted by Gasteiger charge is 2.03. The smallest absolute Gasteiger partial charge is 0.193 e. The summed E-state index contributed by atoms with van der Waals surface area (Å²) in [4.78, 5) is 18.9. The fraction of sp³-hybridized carbons (Fsp3) is 0.154. The predicted octanol–water partition coefficient (Wildman–Crippen LogP) is 2.57. The van der Waals surface area contributed by atoms with Crippen molar-refractivity contribution in [2.75, 3.05) is 0 Å². The van der Waals surface area contributed by atoms with Gasteiger partial charge in [-0.05, 0) is 19.9 Å². The third-order valence-electron chi connectivity index (χ3n) is 2.32. The third-order valence-corrected chi connectivity index (χ3v) is 2.32. The van der Waals surface area contributed by atoms with Crippen LogP contribution < -0.4 is 0 Å². The van der Waals surface area contributed by atoms with Gasteiger partial charge in [0.25, 0.3) is 0 Å². The van der Waals surface area contributed by atoms with E-state index < -0.39 is 0 Å². The minimum atomic E-state index is 0.232. The Morgan fingerprint density at radius 3 is 2.38 bits per heavy atom. The van der Waals surface area contributed by atoms with Crippen molar-refractivity contribution in [3.05, 3.63) is 47.4 Å². The summed E-state index contributed by atoms with van der Waals surface area (Å²) in [6.07, 6.45) is 0.671. The SMILES string of the molecule is Cc1ccc(-c2cc(C)nc(C=O)n2)cc1. The number of aldehydes is 1. The molecule has 0 saturated carbocycles. The Morgan fingerprint density at radius 2 is 1.75 bits per heavy atom. The van der Waals surface area contributed by atoms with Crippen LogP contribution >= 0.6 is 0 Å². The number of aromatic nitrogens is 2. The van der Waals surface area contributed by atoms with Crippen molar-refractivity contribution in [3.63, 3.8) is 0 Å². The average molecular weight is 212 g/mol. The Balaban J connectivity index is 2.51. The van der Waals surface area contributed by atoms with Crippen molar-refractivity contribution in [2.24, 2.45) is 0 Å². The molecule has 0 amide bonds. The first kappa shape index (κ1) is 10.5. The number of hydrogen-bond donors (Lipinski definition) is 0. The molecule has 0 fully saturated rings. The summed E-state index contributed by atoms with van der Waals surface area (Å²) >= 11 is 0. The minimum Gasteiger partial charge on any atom is -0.294 e. The van der Waals surface area contributed by atoms with Gasteiger partial charge in [0.15, 0.2) is 12.1 Å². The second-order valence-corrected chi connectivity index (χ2v) is 3.74. The van der Waals surface area contributed by atoms with Crippen LogP contribution in [0.25, 0.3) is 11.3 Å². The van der Waals surface area contributed by atoms with E-state index in [1.165, 1.54) is 5.56 Å². The first-order valence-electron chi connectivity index (χ1n) is 5.07. The van der Waals surface area contributed by atoms with E-state index in [4.69, 9.17) is 0 Å². The van der Waals surface area contributed by atoms with E-state index in [9.17, 15) is 4.79 Å². The van der Waals surface area contributed by atoms with E-state index in [2.05, 4.69) is 9.97 Å². The summed E-state index contributed by atoms with van der Waals surface area (Å²) in [6.45, 7) is 3.89. The largest absolute Gasteiger partial charge is 0.294 e. The third kappa shape index (κ3) is 2.14. The van der Waals surface area contributed by atoms with Gasteiger partial charge in [0.1, 0.15) is 0 Å². The van der Waals surface area contributed by atoms with Gasteiger partial charge in [0.2, 0.25) is 0 Å². The molecule has 0 atom stereocenters. The standard InChI is InChI=1S/C13H12N2O/c1-9-3-5-11(6-4-9)12-7-10(2)14-13(8-16)15-12/h3-8H,1-2H3. The van der Waals surface area contributed by atoms with Gasteiger partial charge < -0.3 is 0 Å². The van der Waals surface area contributed by atoms with Gasteiger partial charge in [-0.25, -0.2) is 9.97 Å². The van der Waals surface area contributed by atoms with E-state index in [0.29, 0.717) is 6.29 Å². The molecule has 0 aliphatic carbocycles. The monoisotopic (exact) mass is 212 g/mol. The fourth-order valence-electron chi connectivity index (χ4n) is 1.52. The van der Waals surface area contributed by atoms with Crippen molar-refractivity contribution in [1.29, 1.82) is 0 Å². The van der Waals surface area contributed by atoms with E-state index >= 15 is 0 Å². The van der Waals surface area contributed by atoms with Crippen molar-refractivity contribution < 1.29 is 4.79 Å². The lowest BCUT2D eigenvalue weighted by Gasteiger charge is -2.03. The van der Waals surface area contributed by atoms with Gasteiger partial charge >= 0.3 is 0 Å². The van der Waals surface area contributed by atoms with Crippen molar-refractivity contribution >= 4 is 6.29 Å². The molecule has 3 heteroatoms. The van der Waals surface area contributed by atoms with Crippen molar-refractivity contribution in [1.82, 2.24) is 9.97 Å². The highest BCUT2D eigenvalue weighted by atomic mass is 16.1. The summed E-state index contributed by atoms with van der Waals surface area (Å²) in [6, 6.07) is 9.90. The molecular weight excluding hydrogens is 200 g/mol. The van der Waals surface area contributed by atoms with Gasteiger partial charge in [-0.2, -0.15) is 0 Å². The molecule has 2 rings (SSSR count). The molecule has 80 valence electrons. The second kappa shape index (κ2) is 4.23. The highest BCUT2D eigenvalue weighted by molar-refractivity contribution is 5.71. The summed E-state index contributed by atoms with van der Waals surface area (Å²) in [5.41, 5.74) is 3.78. The van der Waals surface area contributed by atoms with Gasteiger partial charge in [0.05, 0.1) is 5.69 Å². The van der Waals surface area contributed by atoms with Crippen LogP contribution in [-0.2, 0) is 0 Å². The summed E-state index contributed by atoms with van der Waals surface area (Å²) in [5, 5.41) is 0. The Morgan fingerprint density at radius 1 is 1.06 bits per heavy atom. The molecule has 3 nitrogen and oxygen atoms in total. The zero-order valence-corrected chi connectivity index (χ0v) is 9.27. The lowest BCUT2D eigenvalue weighted by atomic mass is 10.1. The Bertz CT molecular complexity index is 518. The van der Waals surface area contributed by atoms with Crippen LogP contribution in [0.3, 0.4) is 0 Å². The molecule has 0 bridgehead atoms. The second-order valence-electron chi connectivity index (χ2n) is 3.74. The van der Waals surface area contributed by atoms with Crippen LogP contribution in [0.15, 0.2) is 30.3 Å². The minimum absolute atomic E-state index is 0.232. The summed E-state index contributed by atoms with van der Waals surface area (Å²) in [5.74, 6) is 0.232. The first-order valence-corrected chi connectivity index (χ1v) is 5.07. The Hall–Kier alpha value is -2.03. The zero-order chi connectivity index (χ0) is 11.5. The zero-order valence-electron chi connectivity index (χ0n) is 9.27. The number of carbonyl (C=O) groups excluding carboxylic acids is 1. The number of rotatable bonds is 2. The maximum Gasteiger partial charge on any atom is 0.193 e. The number of benzene rings is 1. The van der Waals surface area contributed by atoms with Crippen LogP contribution in [-0.4, -0.2) is 16.3 Å². The van der Waals surface area contributed by atoms with Gasteiger partial charge in [-0.15, -0.1) is 0 Å². The van der Waals surface area contributed by atoms with Gasteiger partial charge in [-0.1, -0.05) is 29.8 Å². The van der Waals surface area contributed by atoms with E-state index in [0.717, 1.165) is 17.0 Å². The summed E-state index contributed by atoms with van der Waals surface area (Å²) in [7, 11) is 0. The number of hydrogen-bond acceptors (Lipinski definition) is 3. The van der Waals surface area contributed by atoms with Crippen LogP contribution in [0.2, 0.25) is 0 Å². The maximum absolute atomic E-state index is 10.7. The molecule has 1 aromatic carbocycles. The van der Waals surface area contributed by atoms with Crippen LogP contribution in [0.4, 0.5) is 0 Å². The fourth-order valence-corrected chi connectivity index (χ4v) is 1.52. The predicted molar refractivity (Wildman–Crippen MR) is 62.3 cm³/mol. The van der Waals surface area contributed by atoms with E-state index in [-0.39, 0.29) is 5.82 Å². The Kier molecular flexibility index (Phi) is 2.77. The molecule has 0 aliphatic heterocycles. The molecule has 0 radical (unpaired) electrons. The van der Waals surface area contributed by atoms with Crippen LogP contribution in [0, 0.1) is 13.8 Å². The number of aryl methyl sites for hydroxylation is 2. The molecule has 1 heterocycles. The first-order chi connectivity index (χ1) is 7.69. The molecule has 0 unspecified atom stereocenters. The van der Waals surface area contributed by atoms with Gasteiger partial charge in [0, 0.05) is 11.3 Å². The van der Waals surface area contributed by atoms with Crippen LogP contribution in [0.5, 0.6) is 0 Å². The lowest BCUT2D eigenvalue weighted by Crippen LogP contribution is -1.97. The van der Waals surface area contributed by atoms with Gasteiger partial charge in [-0.3, -0.25) is 4.79 Å². The molecule has 0 spiro atoms. The number of carbonyl (C=O) groups is 1. The quantitative estimate of drug-likeness (QED) is 0.718. The van der Waals surface area contributed by atoms with Crippen LogP contribution in [0.1, 0.15) is 21.9 Å². The molecular formula is C13H12N2O. The normalized spacial score (nSPS) is 10.1. The highest BCUT2D eigenvalue weighted by Crippen LogP contribution is 2.17. The van der Waals surface area contributed by atoms with Crippen molar-refractivity contribution in [2.45, 2.75) is 13.8 Å². The molecule has 0 aliphatic rings. The average Bonchev–Trinajstić information content (AvgIpc) is 2.29.